The lowest BCUT2D eigenvalue weighted by Crippen LogP contribution is -2.24. The van der Waals surface area contributed by atoms with Gasteiger partial charge in [0.05, 0.1) is 0 Å². The zero-order valence-corrected chi connectivity index (χ0v) is 8.76. The average Bonchev–Trinajstić information content (AvgIpc) is 2.20. The number of hydrogen-bond donors (Lipinski definition) is 1. The van der Waals surface area contributed by atoms with Gasteiger partial charge in [0.2, 0.25) is 0 Å². The zero-order valence-electron chi connectivity index (χ0n) is 8.76. The molecule has 0 bridgehead atoms. The Morgan fingerprint density at radius 3 is 1.85 bits per heavy atom. The van der Waals surface area contributed by atoms with Gasteiger partial charge in [-0.3, -0.25) is 0 Å². The third-order valence-electron chi connectivity index (χ3n) is 2.84. The first-order chi connectivity index (χ1) is 6.24. The molecule has 1 N–H and O–H groups in total. The lowest BCUT2D eigenvalue weighted by atomic mass is 9.77. The van der Waals surface area contributed by atoms with Crippen molar-refractivity contribution in [2.24, 2.45) is 5.41 Å². The van der Waals surface area contributed by atoms with E-state index in [4.69, 9.17) is 0 Å². The third-order valence-corrected chi connectivity index (χ3v) is 2.84. The molecule has 0 aliphatic carbocycles. The molecule has 0 aliphatic heterocycles. The van der Waals surface area contributed by atoms with Crippen LogP contribution in [0.15, 0.2) is 25.3 Å². The summed E-state index contributed by atoms with van der Waals surface area (Å²) in [7, 11) is 0. The molecular weight excluding hydrogens is 160 g/mol. The monoisotopic (exact) mass is 182 g/mol. The molecule has 13 heavy (non-hydrogen) atoms. The van der Waals surface area contributed by atoms with Gasteiger partial charge in [-0.15, -0.1) is 13.2 Å². The molecule has 1 heteroatoms. The molecule has 0 unspecified atom stereocenters. The van der Waals surface area contributed by atoms with Crippen molar-refractivity contribution in [2.75, 3.05) is 6.61 Å². The molecule has 0 amide bonds. The van der Waals surface area contributed by atoms with E-state index < -0.39 is 0 Å². The van der Waals surface area contributed by atoms with Crippen molar-refractivity contribution in [3.63, 3.8) is 0 Å². The maximum absolute atomic E-state index is 9.36. The van der Waals surface area contributed by atoms with Crippen LogP contribution in [0.1, 0.15) is 39.0 Å². The molecule has 0 saturated heterocycles. The van der Waals surface area contributed by atoms with Gasteiger partial charge in [-0.1, -0.05) is 19.1 Å². The van der Waals surface area contributed by atoms with Crippen LogP contribution in [0.25, 0.3) is 0 Å². The van der Waals surface area contributed by atoms with E-state index >= 15 is 0 Å². The van der Waals surface area contributed by atoms with E-state index in [0.29, 0.717) is 0 Å². The van der Waals surface area contributed by atoms with Crippen LogP contribution in [0.3, 0.4) is 0 Å². The minimum absolute atomic E-state index is 0.0996. The summed E-state index contributed by atoms with van der Waals surface area (Å²) in [6.07, 6.45) is 8.94. The Hall–Kier alpha value is -0.560. The fraction of sp³-hybridized carbons (Fsp3) is 0.667. The second-order valence-corrected chi connectivity index (χ2v) is 3.67. The van der Waals surface area contributed by atoms with Crippen molar-refractivity contribution in [1.29, 1.82) is 0 Å². The summed E-state index contributed by atoms with van der Waals surface area (Å²) in [6.45, 7) is 9.85. The second kappa shape index (κ2) is 6.90. The van der Waals surface area contributed by atoms with Gasteiger partial charge in [0.1, 0.15) is 0 Å². The number of aliphatic hydroxyl groups is 1. The molecule has 0 spiro atoms. The minimum atomic E-state index is 0.0996. The van der Waals surface area contributed by atoms with E-state index in [0.717, 1.165) is 32.1 Å². The van der Waals surface area contributed by atoms with Gasteiger partial charge in [-0.05, 0) is 37.5 Å². The van der Waals surface area contributed by atoms with Gasteiger partial charge < -0.3 is 5.11 Å². The highest BCUT2D eigenvalue weighted by atomic mass is 16.3. The number of aliphatic hydroxyl groups excluding tert-OH is 1. The Kier molecular flexibility index (Phi) is 6.61. The second-order valence-electron chi connectivity index (χ2n) is 3.67. The Morgan fingerprint density at radius 2 is 1.62 bits per heavy atom. The summed E-state index contributed by atoms with van der Waals surface area (Å²) in [5, 5.41) is 9.36. The molecule has 1 nitrogen and oxygen atoms in total. The lowest BCUT2D eigenvalue weighted by Gasteiger charge is -2.30. The Bertz CT molecular complexity index is 131. The van der Waals surface area contributed by atoms with Crippen LogP contribution >= 0.6 is 0 Å². The first-order valence-electron chi connectivity index (χ1n) is 5.07. The van der Waals surface area contributed by atoms with Crippen LogP contribution in [-0.2, 0) is 0 Å². The molecule has 0 saturated carbocycles. The van der Waals surface area contributed by atoms with Crippen molar-refractivity contribution in [3.05, 3.63) is 25.3 Å². The van der Waals surface area contributed by atoms with Gasteiger partial charge in [0.15, 0.2) is 0 Å². The van der Waals surface area contributed by atoms with E-state index in [1.54, 1.807) is 0 Å². The van der Waals surface area contributed by atoms with Gasteiger partial charge in [0.25, 0.3) is 0 Å². The molecule has 76 valence electrons. The maximum Gasteiger partial charge on any atom is 0.0487 e. The van der Waals surface area contributed by atoms with Crippen LogP contribution in [0.4, 0.5) is 0 Å². The van der Waals surface area contributed by atoms with Gasteiger partial charge in [-0.2, -0.15) is 0 Å². The number of rotatable bonds is 8. The van der Waals surface area contributed by atoms with Crippen LogP contribution in [0.2, 0.25) is 0 Å². The predicted octanol–water partition coefficient (Wildman–Crippen LogP) is 3.31. The van der Waals surface area contributed by atoms with Crippen molar-refractivity contribution >= 4 is 0 Å². The number of hydrogen-bond acceptors (Lipinski definition) is 1. The van der Waals surface area contributed by atoms with Gasteiger partial charge in [-0.25, -0.2) is 0 Å². The van der Waals surface area contributed by atoms with Crippen LogP contribution in [-0.4, -0.2) is 11.7 Å². The highest BCUT2D eigenvalue weighted by molar-refractivity contribution is 4.83. The highest BCUT2D eigenvalue weighted by Gasteiger charge is 2.25. The van der Waals surface area contributed by atoms with Crippen molar-refractivity contribution in [1.82, 2.24) is 0 Å². The average molecular weight is 182 g/mol. The summed E-state index contributed by atoms with van der Waals surface area (Å²) in [4.78, 5) is 0. The standard InChI is InChI=1S/C12H22O/c1-4-7-9-12(6-3,11-13)10-8-5-2/h4-5,13H,1-2,6-11H2,3H3. The molecular formula is C12H22O. The minimum Gasteiger partial charge on any atom is -0.396 e. The molecule has 0 aromatic carbocycles. The summed E-state index contributed by atoms with van der Waals surface area (Å²) in [6, 6.07) is 0. The fourth-order valence-electron chi connectivity index (χ4n) is 1.56. The quantitative estimate of drug-likeness (QED) is 0.571. The summed E-state index contributed by atoms with van der Waals surface area (Å²) < 4.78 is 0. The maximum atomic E-state index is 9.36. The first-order valence-corrected chi connectivity index (χ1v) is 5.07. The molecule has 0 fully saturated rings. The predicted molar refractivity (Wildman–Crippen MR) is 58.7 cm³/mol. The molecule has 0 aromatic heterocycles. The van der Waals surface area contributed by atoms with Gasteiger partial charge in [0, 0.05) is 6.61 Å². The molecule has 0 rings (SSSR count). The Morgan fingerprint density at radius 1 is 1.15 bits per heavy atom. The van der Waals surface area contributed by atoms with E-state index in [1.165, 1.54) is 0 Å². The highest BCUT2D eigenvalue weighted by Crippen LogP contribution is 2.33. The van der Waals surface area contributed by atoms with Gasteiger partial charge >= 0.3 is 0 Å². The Labute approximate surface area is 82.2 Å². The van der Waals surface area contributed by atoms with E-state index in [2.05, 4.69) is 20.1 Å². The molecule has 0 aliphatic rings. The van der Waals surface area contributed by atoms with Crippen molar-refractivity contribution in [2.45, 2.75) is 39.0 Å². The molecule has 0 aromatic rings. The Balaban J connectivity index is 4.11. The van der Waals surface area contributed by atoms with Crippen LogP contribution in [0, 0.1) is 5.41 Å². The van der Waals surface area contributed by atoms with E-state index in [1.807, 2.05) is 12.2 Å². The lowest BCUT2D eigenvalue weighted by molar-refractivity contribution is 0.102. The van der Waals surface area contributed by atoms with Crippen LogP contribution < -0.4 is 0 Å². The van der Waals surface area contributed by atoms with E-state index in [-0.39, 0.29) is 12.0 Å². The molecule has 0 atom stereocenters. The SMILES string of the molecule is C=CCCC(CC)(CO)CCC=C. The normalized spacial score (nSPS) is 11.2. The molecule has 0 heterocycles. The smallest absolute Gasteiger partial charge is 0.0487 e. The largest absolute Gasteiger partial charge is 0.396 e. The third kappa shape index (κ3) is 4.28. The summed E-state index contributed by atoms with van der Waals surface area (Å²) in [5.74, 6) is 0. The fourth-order valence-corrected chi connectivity index (χ4v) is 1.56. The summed E-state index contributed by atoms with van der Waals surface area (Å²) >= 11 is 0. The van der Waals surface area contributed by atoms with Crippen molar-refractivity contribution in [3.8, 4) is 0 Å². The number of allylic oxidation sites excluding steroid dienone is 2. The van der Waals surface area contributed by atoms with E-state index in [9.17, 15) is 5.11 Å². The van der Waals surface area contributed by atoms with Crippen molar-refractivity contribution < 1.29 is 5.11 Å². The van der Waals surface area contributed by atoms with Crippen LogP contribution in [0.5, 0.6) is 0 Å². The summed E-state index contributed by atoms with van der Waals surface area (Å²) in [5.41, 5.74) is 0.0996. The topological polar surface area (TPSA) is 20.2 Å². The zero-order chi connectivity index (χ0) is 10.2. The first kappa shape index (κ1) is 12.4. The molecule has 0 radical (unpaired) electrons.